The second kappa shape index (κ2) is 10.9. The van der Waals surface area contributed by atoms with E-state index in [0.717, 1.165) is 4.90 Å². The number of ether oxygens (including phenoxy) is 3. The van der Waals surface area contributed by atoms with Gasteiger partial charge in [-0.2, -0.15) is 0 Å². The molecular weight excluding hydrogens is 449 g/mol. The first-order valence-electron chi connectivity index (χ1n) is 10.5. The number of methoxy groups -OCH3 is 1. The lowest BCUT2D eigenvalue weighted by atomic mass is 10.00. The minimum absolute atomic E-state index is 0.00299. The van der Waals surface area contributed by atoms with Gasteiger partial charge in [0.1, 0.15) is 11.3 Å². The lowest BCUT2D eigenvalue weighted by Crippen LogP contribution is -2.46. The largest absolute Gasteiger partial charge is 0.494 e. The van der Waals surface area contributed by atoms with Crippen LogP contribution in [0.3, 0.4) is 0 Å². The molecule has 1 aliphatic heterocycles. The molecule has 0 bridgehead atoms. The fraction of sp³-hybridized carbons (Fsp3) is 0.348. The van der Waals surface area contributed by atoms with Crippen molar-refractivity contribution in [3.8, 4) is 11.5 Å². The van der Waals surface area contributed by atoms with E-state index in [1.54, 1.807) is 6.92 Å². The third kappa shape index (κ3) is 5.43. The van der Waals surface area contributed by atoms with Crippen LogP contribution in [0.2, 0.25) is 0 Å². The Morgan fingerprint density at radius 2 is 1.76 bits per heavy atom. The smallest absolute Gasteiger partial charge is 0.407 e. The molecule has 3 rings (SSSR count). The predicted octanol–water partition coefficient (Wildman–Crippen LogP) is 1.86. The Hall–Kier alpha value is -3.70. The Kier molecular flexibility index (Phi) is 8.03. The molecule has 1 fully saturated rings. The van der Waals surface area contributed by atoms with Crippen molar-refractivity contribution in [3.05, 3.63) is 58.9 Å². The van der Waals surface area contributed by atoms with Crippen molar-refractivity contribution < 1.29 is 38.1 Å². The number of nitrogens with zero attached hydrogens (tertiary/aromatic N) is 1. The van der Waals surface area contributed by atoms with Gasteiger partial charge in [0.25, 0.3) is 5.91 Å². The second-order valence-electron chi connectivity index (χ2n) is 7.55. The number of nitrogens with one attached hydrogen (secondary N) is 1. The van der Waals surface area contributed by atoms with Crippen molar-refractivity contribution in [1.82, 2.24) is 10.2 Å². The van der Waals surface area contributed by atoms with Gasteiger partial charge in [-0.25, -0.2) is 9.18 Å². The number of ketones is 1. The summed E-state index contributed by atoms with van der Waals surface area (Å²) in [7, 11) is 1.28. The number of carbonyl (C=O) groups excluding carboxylic acids is 2. The molecule has 2 aromatic rings. The number of hydrogen-bond donors (Lipinski definition) is 3. The van der Waals surface area contributed by atoms with Gasteiger partial charge in [0.2, 0.25) is 0 Å². The first-order chi connectivity index (χ1) is 16.3. The van der Waals surface area contributed by atoms with E-state index in [4.69, 9.17) is 25.1 Å². The van der Waals surface area contributed by atoms with Gasteiger partial charge < -0.3 is 35.3 Å². The zero-order valence-electron chi connectivity index (χ0n) is 18.7. The van der Waals surface area contributed by atoms with Crippen molar-refractivity contribution in [3.63, 3.8) is 0 Å². The molecule has 0 radical (unpaired) electrons. The van der Waals surface area contributed by atoms with Gasteiger partial charge in [0.05, 0.1) is 13.2 Å². The quantitative estimate of drug-likeness (QED) is 0.284. The van der Waals surface area contributed by atoms with E-state index < -0.39 is 35.7 Å². The van der Waals surface area contributed by atoms with Crippen LogP contribution in [-0.2, 0) is 4.74 Å². The van der Waals surface area contributed by atoms with Gasteiger partial charge in [-0.1, -0.05) is 12.1 Å². The zero-order chi connectivity index (χ0) is 24.8. The molecule has 0 aliphatic carbocycles. The summed E-state index contributed by atoms with van der Waals surface area (Å²) < 4.78 is 30.5. The van der Waals surface area contributed by atoms with Crippen LogP contribution < -0.4 is 20.5 Å². The van der Waals surface area contributed by atoms with Crippen molar-refractivity contribution >= 4 is 17.8 Å². The van der Waals surface area contributed by atoms with Crippen LogP contribution in [0.4, 0.5) is 9.18 Å². The molecule has 0 saturated carbocycles. The number of likely N-dealkylation sites (tertiary alicyclic amines) is 1. The Morgan fingerprint density at radius 3 is 2.35 bits per heavy atom. The molecule has 1 aliphatic rings. The highest BCUT2D eigenvalue weighted by Gasteiger charge is 2.34. The predicted molar refractivity (Wildman–Crippen MR) is 119 cm³/mol. The molecule has 1 saturated heterocycles. The summed E-state index contributed by atoms with van der Waals surface area (Å²) in [5, 5.41) is 11.8. The van der Waals surface area contributed by atoms with Crippen LogP contribution in [0, 0.1) is 5.82 Å². The van der Waals surface area contributed by atoms with E-state index in [1.165, 1.54) is 43.5 Å². The first kappa shape index (κ1) is 24.9. The minimum Gasteiger partial charge on any atom is -0.494 e. The molecule has 10 nitrogen and oxygen atoms in total. The minimum atomic E-state index is -1.11. The summed E-state index contributed by atoms with van der Waals surface area (Å²) in [6, 6.07) is 7.30. The normalized spacial score (nSPS) is 17.4. The van der Waals surface area contributed by atoms with Crippen molar-refractivity contribution in [1.29, 1.82) is 0 Å². The van der Waals surface area contributed by atoms with E-state index >= 15 is 0 Å². The molecule has 0 unspecified atom stereocenters. The van der Waals surface area contributed by atoms with Gasteiger partial charge in [-0.3, -0.25) is 9.59 Å². The van der Waals surface area contributed by atoms with Gasteiger partial charge in [0, 0.05) is 36.9 Å². The topological polar surface area (TPSA) is 140 Å². The highest BCUT2D eigenvalue weighted by Crippen LogP contribution is 2.31. The highest BCUT2D eigenvalue weighted by molar-refractivity contribution is 6.11. The molecule has 2 atom stereocenters. The molecule has 1 heterocycles. The first-order valence-corrected chi connectivity index (χ1v) is 10.5. The summed E-state index contributed by atoms with van der Waals surface area (Å²) in [6.07, 6.45) is -1.11. The van der Waals surface area contributed by atoms with Gasteiger partial charge in [-0.05, 0) is 31.2 Å². The molecule has 2 amide bonds. The molecule has 0 spiro atoms. The molecule has 182 valence electrons. The van der Waals surface area contributed by atoms with Crippen LogP contribution in [-0.4, -0.2) is 73.5 Å². The summed E-state index contributed by atoms with van der Waals surface area (Å²) >= 11 is 0. The van der Waals surface area contributed by atoms with E-state index in [1.807, 2.05) is 0 Å². The SMILES string of the molecule is CCOCOc1ccc(OC)c(F)c1C(=O)c1ccc(C(=O)N[C@@H]2CN(C(=O)O)C[C@H]2N)cc1. The van der Waals surface area contributed by atoms with Crippen molar-refractivity contribution in [2.24, 2.45) is 5.73 Å². The zero-order valence-corrected chi connectivity index (χ0v) is 18.7. The average Bonchev–Trinajstić information content (AvgIpc) is 3.19. The van der Waals surface area contributed by atoms with Crippen molar-refractivity contribution in [2.45, 2.75) is 19.0 Å². The molecule has 0 aromatic heterocycles. The third-order valence-electron chi connectivity index (χ3n) is 5.38. The maximum Gasteiger partial charge on any atom is 0.407 e. The number of halogens is 1. The maximum absolute atomic E-state index is 15.0. The lowest BCUT2D eigenvalue weighted by molar-refractivity contribution is 0.0217. The van der Waals surface area contributed by atoms with E-state index in [2.05, 4.69) is 5.32 Å². The van der Waals surface area contributed by atoms with Crippen LogP contribution in [0.1, 0.15) is 33.2 Å². The average molecular weight is 475 g/mol. The summed E-state index contributed by atoms with van der Waals surface area (Å²) in [5.74, 6) is -2.13. The monoisotopic (exact) mass is 475 g/mol. The fourth-order valence-electron chi connectivity index (χ4n) is 3.52. The molecule has 11 heteroatoms. The van der Waals surface area contributed by atoms with Gasteiger partial charge >= 0.3 is 6.09 Å². The molecule has 4 N–H and O–H groups in total. The number of rotatable bonds is 9. The number of carboxylic acid groups (broad SMARTS) is 1. The highest BCUT2D eigenvalue weighted by atomic mass is 19.1. The molecule has 34 heavy (non-hydrogen) atoms. The number of carbonyl (C=O) groups is 3. The van der Waals surface area contributed by atoms with Crippen LogP contribution in [0.25, 0.3) is 0 Å². The Morgan fingerprint density at radius 1 is 1.12 bits per heavy atom. The third-order valence-corrected chi connectivity index (χ3v) is 5.38. The molecular formula is C23H26FN3O7. The van der Waals surface area contributed by atoms with Gasteiger partial charge in [0.15, 0.2) is 24.1 Å². The molecule has 2 aromatic carbocycles. The van der Waals surface area contributed by atoms with Crippen LogP contribution in [0.5, 0.6) is 11.5 Å². The van der Waals surface area contributed by atoms with E-state index in [-0.39, 0.29) is 48.1 Å². The van der Waals surface area contributed by atoms with Crippen LogP contribution in [0.15, 0.2) is 36.4 Å². The Balaban J connectivity index is 1.77. The van der Waals surface area contributed by atoms with Crippen LogP contribution >= 0.6 is 0 Å². The Bertz CT molecular complexity index is 1060. The number of benzene rings is 2. The summed E-state index contributed by atoms with van der Waals surface area (Å²) in [4.78, 5) is 37.9. The Labute approximate surface area is 195 Å². The number of amides is 2. The fourth-order valence-corrected chi connectivity index (χ4v) is 3.52. The summed E-state index contributed by atoms with van der Waals surface area (Å²) in [5.41, 5.74) is 5.97. The standard InChI is InChI=1S/C23H26FN3O7/c1-3-33-12-34-17-8-9-18(32-2)20(24)19(17)21(28)13-4-6-14(7-5-13)22(29)26-16-11-27(23(30)31)10-15(16)25/h4-9,15-16H,3,10-12,25H2,1-2H3,(H,26,29)(H,30,31)/t15-,16-/m1/s1. The number of nitrogens with two attached hydrogens (primary N) is 1. The lowest BCUT2D eigenvalue weighted by Gasteiger charge is -2.16. The maximum atomic E-state index is 15.0. The number of hydrogen-bond acceptors (Lipinski definition) is 7. The van der Waals surface area contributed by atoms with E-state index in [9.17, 15) is 18.8 Å². The second-order valence-corrected chi connectivity index (χ2v) is 7.55. The summed E-state index contributed by atoms with van der Waals surface area (Å²) in [6.45, 7) is 2.19. The van der Waals surface area contributed by atoms with E-state index in [0.29, 0.717) is 6.61 Å². The van der Waals surface area contributed by atoms with Gasteiger partial charge in [-0.15, -0.1) is 0 Å². The van der Waals surface area contributed by atoms with Crippen molar-refractivity contribution in [2.75, 3.05) is 33.6 Å².